The summed E-state index contributed by atoms with van der Waals surface area (Å²) >= 11 is 0. The lowest BCUT2D eigenvalue weighted by Crippen LogP contribution is -2.18. The molecular formula is C12H15NO4S. The Kier molecular flexibility index (Phi) is 3.41. The lowest BCUT2D eigenvalue weighted by molar-refractivity contribution is -0.141. The van der Waals surface area contributed by atoms with Crippen LogP contribution in [0.4, 0.5) is 0 Å². The third kappa shape index (κ3) is 2.54. The quantitative estimate of drug-likeness (QED) is 0.849. The number of rotatable bonds is 3. The van der Waals surface area contributed by atoms with Crippen LogP contribution in [-0.2, 0) is 14.6 Å². The van der Waals surface area contributed by atoms with E-state index in [-0.39, 0.29) is 10.9 Å². The zero-order valence-electron chi connectivity index (χ0n) is 9.96. The minimum absolute atomic E-state index is 0.211. The van der Waals surface area contributed by atoms with Crippen molar-refractivity contribution < 1.29 is 18.3 Å². The Labute approximate surface area is 106 Å². The van der Waals surface area contributed by atoms with E-state index >= 15 is 0 Å². The molecule has 2 unspecified atom stereocenters. The van der Waals surface area contributed by atoms with Crippen molar-refractivity contribution in [2.45, 2.75) is 17.4 Å². The van der Waals surface area contributed by atoms with Crippen molar-refractivity contribution in [2.75, 3.05) is 12.8 Å². The van der Waals surface area contributed by atoms with Gasteiger partial charge >= 0.3 is 5.97 Å². The molecule has 2 rings (SSSR count). The Morgan fingerprint density at radius 3 is 2.61 bits per heavy atom. The van der Waals surface area contributed by atoms with E-state index in [0.717, 1.165) is 6.26 Å². The maximum Gasteiger partial charge on any atom is 0.307 e. The molecular weight excluding hydrogens is 254 g/mol. The van der Waals surface area contributed by atoms with E-state index in [1.165, 1.54) is 0 Å². The van der Waals surface area contributed by atoms with Crippen molar-refractivity contribution in [1.82, 2.24) is 5.32 Å². The lowest BCUT2D eigenvalue weighted by atomic mass is 10.0. The molecule has 0 aliphatic carbocycles. The minimum atomic E-state index is -3.30. The molecule has 6 heteroatoms. The fourth-order valence-corrected chi connectivity index (χ4v) is 3.23. The summed E-state index contributed by atoms with van der Waals surface area (Å²) in [6.07, 6.45) is 1.58. The summed E-state index contributed by atoms with van der Waals surface area (Å²) < 4.78 is 23.4. The van der Waals surface area contributed by atoms with Crippen LogP contribution in [0.15, 0.2) is 29.2 Å². The van der Waals surface area contributed by atoms with E-state index in [1.54, 1.807) is 24.3 Å². The highest BCUT2D eigenvalue weighted by molar-refractivity contribution is 7.90. The number of benzene rings is 1. The first kappa shape index (κ1) is 13.0. The average molecular weight is 269 g/mol. The Morgan fingerprint density at radius 1 is 1.39 bits per heavy atom. The Hall–Kier alpha value is -1.40. The number of nitrogens with one attached hydrogen (secondary N) is 1. The van der Waals surface area contributed by atoms with Crippen LogP contribution in [0.2, 0.25) is 0 Å². The topological polar surface area (TPSA) is 83.5 Å². The number of sulfone groups is 1. The number of carboxylic acid groups (broad SMARTS) is 1. The van der Waals surface area contributed by atoms with E-state index < -0.39 is 21.7 Å². The van der Waals surface area contributed by atoms with E-state index in [0.29, 0.717) is 18.5 Å². The summed E-state index contributed by atoms with van der Waals surface area (Å²) in [5.41, 5.74) is 0.656. The summed E-state index contributed by atoms with van der Waals surface area (Å²) in [4.78, 5) is 11.2. The van der Waals surface area contributed by atoms with Gasteiger partial charge in [0.2, 0.25) is 0 Å². The van der Waals surface area contributed by atoms with E-state index in [2.05, 4.69) is 5.32 Å². The van der Waals surface area contributed by atoms with Gasteiger partial charge < -0.3 is 10.4 Å². The fourth-order valence-electron chi connectivity index (χ4n) is 2.27. The molecule has 1 aliphatic heterocycles. The van der Waals surface area contributed by atoms with Crippen LogP contribution in [0.5, 0.6) is 0 Å². The standard InChI is InChI=1S/C12H15NO4S/c1-18(16,17)11-5-3-2-4-9(11)10-6-8(7-13-10)12(14)15/h2-5,8,10,13H,6-7H2,1H3,(H,14,15). The highest BCUT2D eigenvalue weighted by Gasteiger charge is 2.32. The van der Waals surface area contributed by atoms with Gasteiger partial charge in [-0.05, 0) is 18.1 Å². The molecule has 1 aromatic carbocycles. The monoisotopic (exact) mass is 269 g/mol. The third-order valence-electron chi connectivity index (χ3n) is 3.17. The third-order valence-corrected chi connectivity index (χ3v) is 4.34. The molecule has 0 amide bonds. The molecule has 98 valence electrons. The second-order valence-corrected chi connectivity index (χ2v) is 6.53. The van der Waals surface area contributed by atoms with Crippen LogP contribution < -0.4 is 5.32 Å². The summed E-state index contributed by atoms with van der Waals surface area (Å²) in [5.74, 6) is -1.30. The van der Waals surface area contributed by atoms with Gasteiger partial charge in [0, 0.05) is 18.8 Å². The summed E-state index contributed by atoms with van der Waals surface area (Å²) in [7, 11) is -3.30. The average Bonchev–Trinajstić information content (AvgIpc) is 2.77. The Balaban J connectivity index is 2.33. The largest absolute Gasteiger partial charge is 0.481 e. The van der Waals surface area contributed by atoms with Gasteiger partial charge in [-0.15, -0.1) is 0 Å². The Bertz CT molecular complexity index is 567. The SMILES string of the molecule is CS(=O)(=O)c1ccccc1C1CC(C(=O)O)CN1. The second-order valence-electron chi connectivity index (χ2n) is 4.54. The predicted octanol–water partition coefficient (Wildman–Crippen LogP) is 0.825. The number of carbonyl (C=O) groups is 1. The molecule has 1 fully saturated rings. The number of carboxylic acids is 1. The molecule has 0 bridgehead atoms. The predicted molar refractivity (Wildman–Crippen MR) is 66.0 cm³/mol. The number of hydrogen-bond donors (Lipinski definition) is 2. The minimum Gasteiger partial charge on any atom is -0.481 e. The van der Waals surface area contributed by atoms with Gasteiger partial charge in [-0.3, -0.25) is 4.79 Å². The molecule has 2 atom stereocenters. The highest BCUT2D eigenvalue weighted by atomic mass is 32.2. The molecule has 0 spiro atoms. The van der Waals surface area contributed by atoms with Gasteiger partial charge in [-0.1, -0.05) is 18.2 Å². The van der Waals surface area contributed by atoms with Crippen molar-refractivity contribution in [3.05, 3.63) is 29.8 Å². The van der Waals surface area contributed by atoms with Crippen molar-refractivity contribution in [1.29, 1.82) is 0 Å². The van der Waals surface area contributed by atoms with Gasteiger partial charge in [0.25, 0.3) is 0 Å². The van der Waals surface area contributed by atoms with Crippen LogP contribution in [0, 0.1) is 5.92 Å². The van der Waals surface area contributed by atoms with Crippen LogP contribution in [0.25, 0.3) is 0 Å². The maximum atomic E-state index is 11.7. The van der Waals surface area contributed by atoms with Crippen LogP contribution in [0.3, 0.4) is 0 Å². The van der Waals surface area contributed by atoms with Gasteiger partial charge in [0.1, 0.15) is 0 Å². The van der Waals surface area contributed by atoms with Crippen LogP contribution in [0.1, 0.15) is 18.0 Å². The Morgan fingerprint density at radius 2 is 2.06 bits per heavy atom. The van der Waals surface area contributed by atoms with E-state index in [1.807, 2.05) is 0 Å². The second kappa shape index (κ2) is 4.70. The first-order chi connectivity index (χ1) is 8.39. The smallest absolute Gasteiger partial charge is 0.307 e. The summed E-state index contributed by atoms with van der Waals surface area (Å²) in [6, 6.07) is 6.51. The molecule has 0 radical (unpaired) electrons. The zero-order valence-corrected chi connectivity index (χ0v) is 10.8. The highest BCUT2D eigenvalue weighted by Crippen LogP contribution is 2.31. The zero-order chi connectivity index (χ0) is 13.3. The first-order valence-electron chi connectivity index (χ1n) is 5.65. The van der Waals surface area contributed by atoms with Gasteiger partial charge in [0.15, 0.2) is 9.84 Å². The van der Waals surface area contributed by atoms with Gasteiger partial charge in [-0.2, -0.15) is 0 Å². The molecule has 5 nitrogen and oxygen atoms in total. The van der Waals surface area contributed by atoms with Crippen molar-refractivity contribution in [3.63, 3.8) is 0 Å². The molecule has 1 saturated heterocycles. The molecule has 18 heavy (non-hydrogen) atoms. The molecule has 1 heterocycles. The van der Waals surface area contributed by atoms with Gasteiger partial charge in [-0.25, -0.2) is 8.42 Å². The van der Waals surface area contributed by atoms with Crippen molar-refractivity contribution >= 4 is 15.8 Å². The van der Waals surface area contributed by atoms with Crippen LogP contribution in [-0.4, -0.2) is 32.3 Å². The fraction of sp³-hybridized carbons (Fsp3) is 0.417. The molecule has 1 aromatic rings. The molecule has 0 aromatic heterocycles. The molecule has 0 saturated carbocycles. The summed E-state index contributed by atoms with van der Waals surface area (Å²) in [6.45, 7) is 0.373. The van der Waals surface area contributed by atoms with Crippen molar-refractivity contribution in [2.24, 2.45) is 5.92 Å². The van der Waals surface area contributed by atoms with E-state index in [9.17, 15) is 13.2 Å². The maximum absolute atomic E-state index is 11.7. The first-order valence-corrected chi connectivity index (χ1v) is 7.54. The van der Waals surface area contributed by atoms with Crippen LogP contribution >= 0.6 is 0 Å². The van der Waals surface area contributed by atoms with Crippen molar-refractivity contribution in [3.8, 4) is 0 Å². The van der Waals surface area contributed by atoms with E-state index in [4.69, 9.17) is 5.11 Å². The number of aliphatic carboxylic acids is 1. The number of hydrogen-bond acceptors (Lipinski definition) is 4. The molecule has 2 N–H and O–H groups in total. The normalized spacial score (nSPS) is 24.1. The summed E-state index contributed by atoms with van der Waals surface area (Å²) in [5, 5.41) is 12.0. The lowest BCUT2D eigenvalue weighted by Gasteiger charge is -2.14. The molecule has 1 aliphatic rings. The van der Waals surface area contributed by atoms with Gasteiger partial charge in [0.05, 0.1) is 10.8 Å².